The molecule has 1 aliphatic carbocycles. The predicted octanol–water partition coefficient (Wildman–Crippen LogP) is 4.34. The number of ether oxygens (including phenoxy) is 2. The van der Waals surface area contributed by atoms with Gasteiger partial charge in [-0.25, -0.2) is 0 Å². The van der Waals surface area contributed by atoms with Gasteiger partial charge in [-0.2, -0.15) is 0 Å². The van der Waals surface area contributed by atoms with Crippen LogP contribution >= 0.6 is 11.8 Å². The van der Waals surface area contributed by atoms with E-state index in [4.69, 9.17) is 9.47 Å². The van der Waals surface area contributed by atoms with Crippen LogP contribution in [0.2, 0.25) is 0 Å². The number of benzene rings is 2. The van der Waals surface area contributed by atoms with E-state index in [-0.39, 0.29) is 5.78 Å². The fourth-order valence-electron chi connectivity index (χ4n) is 3.52. The standard InChI is InChI=1S/C23H23N3O3S/c27-19(18-9-10-20-21(13-18)29-12-4-11-28-20)15-30-23-25-24-22(17-7-8-17)26(23)14-16-5-2-1-3-6-16/h1-3,5-6,9-10,13,17H,4,7-8,11-12,14-15H2. The first kappa shape index (κ1) is 19.2. The predicted molar refractivity (Wildman–Crippen MR) is 115 cm³/mol. The molecule has 2 heterocycles. The molecule has 0 spiro atoms. The minimum Gasteiger partial charge on any atom is -0.490 e. The SMILES string of the molecule is O=C(CSc1nnc(C2CC2)n1Cc1ccccc1)c1ccc2c(c1)OCCCO2. The second-order valence-electron chi connectivity index (χ2n) is 7.61. The molecule has 154 valence electrons. The molecule has 1 aromatic heterocycles. The average Bonchev–Trinajstić information content (AvgIpc) is 3.58. The Labute approximate surface area is 179 Å². The minimum atomic E-state index is 0.0397. The van der Waals surface area contributed by atoms with Gasteiger partial charge in [0.05, 0.1) is 25.5 Å². The van der Waals surface area contributed by atoms with E-state index in [0.29, 0.717) is 41.9 Å². The molecule has 0 unspecified atom stereocenters. The summed E-state index contributed by atoms with van der Waals surface area (Å²) in [5, 5.41) is 9.63. The zero-order valence-electron chi connectivity index (χ0n) is 16.6. The molecule has 2 aromatic carbocycles. The van der Waals surface area contributed by atoms with Crippen molar-refractivity contribution in [1.82, 2.24) is 14.8 Å². The molecule has 1 aliphatic heterocycles. The summed E-state index contributed by atoms with van der Waals surface area (Å²) in [7, 11) is 0. The van der Waals surface area contributed by atoms with Gasteiger partial charge in [0.1, 0.15) is 5.82 Å². The third-order valence-electron chi connectivity index (χ3n) is 5.27. The van der Waals surface area contributed by atoms with E-state index in [1.165, 1.54) is 17.3 Å². The summed E-state index contributed by atoms with van der Waals surface area (Å²) in [4.78, 5) is 12.8. The molecule has 0 saturated heterocycles. The second kappa shape index (κ2) is 8.52. The molecule has 3 aromatic rings. The number of nitrogens with zero attached hydrogens (tertiary/aromatic N) is 3. The van der Waals surface area contributed by atoms with Crippen LogP contribution in [0.3, 0.4) is 0 Å². The highest BCUT2D eigenvalue weighted by Crippen LogP contribution is 2.40. The smallest absolute Gasteiger partial charge is 0.191 e. The van der Waals surface area contributed by atoms with Gasteiger partial charge in [0.25, 0.3) is 0 Å². The van der Waals surface area contributed by atoms with Crippen LogP contribution in [-0.4, -0.2) is 39.5 Å². The molecule has 7 heteroatoms. The van der Waals surface area contributed by atoms with Gasteiger partial charge in [-0.3, -0.25) is 4.79 Å². The monoisotopic (exact) mass is 421 g/mol. The summed E-state index contributed by atoms with van der Waals surface area (Å²) in [5.74, 6) is 3.22. The van der Waals surface area contributed by atoms with Crippen molar-refractivity contribution >= 4 is 17.5 Å². The van der Waals surface area contributed by atoms with Crippen molar-refractivity contribution in [3.05, 3.63) is 65.5 Å². The Bertz CT molecular complexity index is 1050. The maximum atomic E-state index is 12.8. The Morgan fingerprint density at radius 3 is 2.63 bits per heavy atom. The summed E-state index contributed by atoms with van der Waals surface area (Å²) in [6.45, 7) is 1.96. The van der Waals surface area contributed by atoms with Crippen LogP contribution < -0.4 is 9.47 Å². The summed E-state index contributed by atoms with van der Waals surface area (Å²) in [5.41, 5.74) is 1.83. The average molecular weight is 422 g/mol. The van der Waals surface area contributed by atoms with Gasteiger partial charge >= 0.3 is 0 Å². The van der Waals surface area contributed by atoms with Gasteiger partial charge in [0.2, 0.25) is 0 Å². The third kappa shape index (κ3) is 4.21. The normalized spacial score (nSPS) is 15.6. The lowest BCUT2D eigenvalue weighted by Crippen LogP contribution is -2.08. The van der Waals surface area contributed by atoms with Crippen LogP contribution in [0.1, 0.15) is 46.9 Å². The summed E-state index contributed by atoms with van der Waals surface area (Å²) >= 11 is 1.44. The fourth-order valence-corrected chi connectivity index (χ4v) is 4.35. The van der Waals surface area contributed by atoms with Crippen molar-refractivity contribution in [1.29, 1.82) is 0 Å². The van der Waals surface area contributed by atoms with Crippen molar-refractivity contribution in [3.8, 4) is 11.5 Å². The van der Waals surface area contributed by atoms with Crippen LogP contribution in [0.4, 0.5) is 0 Å². The number of rotatable bonds is 7. The highest BCUT2D eigenvalue weighted by molar-refractivity contribution is 7.99. The lowest BCUT2D eigenvalue weighted by atomic mass is 10.1. The Kier molecular flexibility index (Phi) is 5.45. The summed E-state index contributed by atoms with van der Waals surface area (Å²) in [6, 6.07) is 15.7. The highest BCUT2D eigenvalue weighted by Gasteiger charge is 2.30. The van der Waals surface area contributed by atoms with E-state index in [1.54, 1.807) is 12.1 Å². The van der Waals surface area contributed by atoms with Gasteiger partial charge in [0.15, 0.2) is 22.4 Å². The molecule has 0 radical (unpaired) electrons. The molecule has 6 nitrogen and oxygen atoms in total. The molecule has 0 bridgehead atoms. The van der Waals surface area contributed by atoms with E-state index in [2.05, 4.69) is 26.9 Å². The molecular formula is C23H23N3O3S. The maximum Gasteiger partial charge on any atom is 0.191 e. The number of ketones is 1. The number of hydrogen-bond donors (Lipinski definition) is 0. The van der Waals surface area contributed by atoms with E-state index < -0.39 is 0 Å². The molecule has 5 rings (SSSR count). The van der Waals surface area contributed by atoms with Gasteiger partial charge in [-0.1, -0.05) is 42.1 Å². The first-order valence-electron chi connectivity index (χ1n) is 10.3. The Morgan fingerprint density at radius 1 is 1.03 bits per heavy atom. The zero-order valence-corrected chi connectivity index (χ0v) is 17.4. The molecule has 0 N–H and O–H groups in total. The first-order chi connectivity index (χ1) is 14.8. The van der Waals surface area contributed by atoms with E-state index in [1.807, 2.05) is 24.3 Å². The molecule has 1 fully saturated rings. The Balaban J connectivity index is 1.31. The summed E-state index contributed by atoms with van der Waals surface area (Å²) < 4.78 is 13.5. The van der Waals surface area contributed by atoms with Crippen LogP contribution in [0.5, 0.6) is 11.5 Å². The zero-order chi connectivity index (χ0) is 20.3. The molecule has 30 heavy (non-hydrogen) atoms. The van der Waals surface area contributed by atoms with Gasteiger partial charge in [-0.05, 0) is 36.6 Å². The molecule has 1 saturated carbocycles. The van der Waals surface area contributed by atoms with Crippen LogP contribution in [0, 0.1) is 0 Å². The number of fused-ring (bicyclic) bond motifs is 1. The quantitative estimate of drug-likeness (QED) is 0.418. The van der Waals surface area contributed by atoms with E-state index in [9.17, 15) is 4.79 Å². The fraction of sp³-hybridized carbons (Fsp3) is 0.348. The van der Waals surface area contributed by atoms with Crippen LogP contribution in [0.25, 0.3) is 0 Å². The van der Waals surface area contributed by atoms with Crippen LogP contribution in [0.15, 0.2) is 53.7 Å². The number of hydrogen-bond acceptors (Lipinski definition) is 6. The second-order valence-corrected chi connectivity index (χ2v) is 8.55. The maximum absolute atomic E-state index is 12.8. The highest BCUT2D eigenvalue weighted by atomic mass is 32.2. The number of thioether (sulfide) groups is 1. The Hall–Kier alpha value is -2.80. The van der Waals surface area contributed by atoms with Crippen molar-refractivity contribution < 1.29 is 14.3 Å². The minimum absolute atomic E-state index is 0.0397. The van der Waals surface area contributed by atoms with Crippen molar-refractivity contribution in [3.63, 3.8) is 0 Å². The number of carbonyl (C=O) groups is 1. The van der Waals surface area contributed by atoms with Gasteiger partial charge in [-0.15, -0.1) is 10.2 Å². The van der Waals surface area contributed by atoms with Crippen molar-refractivity contribution in [2.45, 2.75) is 36.9 Å². The molecule has 0 amide bonds. The van der Waals surface area contributed by atoms with E-state index in [0.717, 1.165) is 36.8 Å². The first-order valence-corrected chi connectivity index (χ1v) is 11.3. The van der Waals surface area contributed by atoms with Gasteiger partial charge < -0.3 is 14.0 Å². The lowest BCUT2D eigenvalue weighted by Gasteiger charge is -2.11. The number of carbonyl (C=O) groups excluding carboxylic acids is 1. The van der Waals surface area contributed by atoms with Crippen molar-refractivity contribution in [2.24, 2.45) is 0 Å². The topological polar surface area (TPSA) is 66.2 Å². The molecule has 2 aliphatic rings. The third-order valence-corrected chi connectivity index (χ3v) is 6.24. The molecule has 0 atom stereocenters. The van der Waals surface area contributed by atoms with Crippen molar-refractivity contribution in [2.75, 3.05) is 19.0 Å². The molecular weight excluding hydrogens is 398 g/mol. The number of aromatic nitrogens is 3. The lowest BCUT2D eigenvalue weighted by molar-refractivity contribution is 0.102. The number of Topliss-reactive ketones (excluding diaryl/α,β-unsaturated/α-hetero) is 1. The van der Waals surface area contributed by atoms with Crippen LogP contribution in [-0.2, 0) is 6.54 Å². The largest absolute Gasteiger partial charge is 0.490 e. The van der Waals surface area contributed by atoms with E-state index >= 15 is 0 Å². The Morgan fingerprint density at radius 2 is 1.83 bits per heavy atom. The summed E-state index contributed by atoms with van der Waals surface area (Å²) in [6.07, 6.45) is 3.16. The van der Waals surface area contributed by atoms with Gasteiger partial charge in [0, 0.05) is 17.9 Å².